The number of fused-ring (bicyclic) bond motifs is 1. The number of hydrogen-bond acceptors (Lipinski definition) is 5. The quantitative estimate of drug-likeness (QED) is 0.245. The Bertz CT molecular complexity index is 934. The van der Waals surface area contributed by atoms with Gasteiger partial charge in [-0.05, 0) is 24.3 Å². The summed E-state index contributed by atoms with van der Waals surface area (Å²) in [5.74, 6) is 0.535. The first-order valence-corrected chi connectivity index (χ1v) is 7.50. The van der Waals surface area contributed by atoms with E-state index in [1.165, 1.54) is 24.3 Å². The molecule has 7 nitrogen and oxygen atoms in total. The monoisotopic (exact) mass is 344 g/mol. The smallest absolute Gasteiger partial charge is 0.314 e. The van der Waals surface area contributed by atoms with Gasteiger partial charge >= 0.3 is 5.16 Å². The van der Waals surface area contributed by atoms with Crippen LogP contribution < -0.4 is 9.30 Å². The number of rotatable bonds is 5. The maximum absolute atomic E-state index is 12.4. The predicted octanol–water partition coefficient (Wildman–Crippen LogP) is 2.54. The highest BCUT2D eigenvalue weighted by Gasteiger charge is 2.20. The van der Waals surface area contributed by atoms with E-state index in [0.29, 0.717) is 16.5 Å². The average molecular weight is 344 g/mol. The summed E-state index contributed by atoms with van der Waals surface area (Å²) in [4.78, 5) is 25.7. The number of nitro groups is 1. The van der Waals surface area contributed by atoms with Crippen molar-refractivity contribution in [3.63, 3.8) is 0 Å². The molecule has 0 unspecified atom stereocenters. The Labute approximate surface area is 142 Å². The molecule has 1 aromatic heterocycles. The molecule has 8 heteroatoms. The number of H-pyrrole nitrogens is 1. The van der Waals surface area contributed by atoms with Gasteiger partial charge in [-0.2, -0.15) is 0 Å². The van der Waals surface area contributed by atoms with Crippen molar-refractivity contribution in [1.82, 2.24) is 4.98 Å². The molecular formula is C16H14N3O4S+. The Morgan fingerprint density at radius 3 is 2.62 bits per heavy atom. The van der Waals surface area contributed by atoms with Gasteiger partial charge in [-0.25, -0.2) is 9.55 Å². The zero-order valence-corrected chi connectivity index (χ0v) is 13.6. The fraction of sp³-hybridized carbons (Fsp3) is 0.125. The van der Waals surface area contributed by atoms with Gasteiger partial charge < -0.3 is 4.74 Å². The molecule has 0 aliphatic heterocycles. The first kappa shape index (κ1) is 16.0. The number of aromatic nitrogens is 2. The van der Waals surface area contributed by atoms with Gasteiger partial charge in [-0.3, -0.25) is 14.9 Å². The summed E-state index contributed by atoms with van der Waals surface area (Å²) in [5, 5.41) is 11.2. The first-order chi connectivity index (χ1) is 11.5. The van der Waals surface area contributed by atoms with Crippen molar-refractivity contribution in [2.45, 2.75) is 11.7 Å². The summed E-state index contributed by atoms with van der Waals surface area (Å²) >= 11 is 4.38. The second-order valence-electron chi connectivity index (χ2n) is 5.14. The maximum Gasteiger partial charge on any atom is 0.314 e. The van der Waals surface area contributed by atoms with Crippen molar-refractivity contribution < 1.29 is 19.0 Å². The van der Waals surface area contributed by atoms with Crippen molar-refractivity contribution in [1.29, 1.82) is 0 Å². The minimum absolute atomic E-state index is 0.0479. The molecular weight excluding hydrogens is 330 g/mol. The summed E-state index contributed by atoms with van der Waals surface area (Å²) in [7, 11) is 1.58. The molecule has 0 saturated carbocycles. The molecule has 0 fully saturated rings. The van der Waals surface area contributed by atoms with Gasteiger partial charge in [0.2, 0.25) is 5.78 Å². The molecule has 1 N–H and O–H groups in total. The molecule has 24 heavy (non-hydrogen) atoms. The van der Waals surface area contributed by atoms with Crippen LogP contribution in [-0.4, -0.2) is 22.8 Å². The third-order valence-electron chi connectivity index (χ3n) is 3.70. The number of ether oxygens (including phenoxy) is 1. The Kier molecular flexibility index (Phi) is 4.22. The van der Waals surface area contributed by atoms with E-state index in [1.54, 1.807) is 17.7 Å². The molecule has 2 aromatic carbocycles. The van der Waals surface area contributed by atoms with Crippen molar-refractivity contribution in [3.05, 3.63) is 58.1 Å². The lowest BCUT2D eigenvalue weighted by atomic mass is 10.1. The fourth-order valence-electron chi connectivity index (χ4n) is 2.44. The van der Waals surface area contributed by atoms with Crippen LogP contribution in [-0.2, 0) is 6.54 Å². The zero-order chi connectivity index (χ0) is 17.3. The van der Waals surface area contributed by atoms with E-state index in [9.17, 15) is 14.9 Å². The van der Waals surface area contributed by atoms with E-state index >= 15 is 0 Å². The van der Waals surface area contributed by atoms with Crippen molar-refractivity contribution >= 4 is 35.1 Å². The van der Waals surface area contributed by atoms with Crippen LogP contribution in [0.15, 0.2) is 47.6 Å². The number of carbonyl (C=O) groups excluding carboxylic acids is 1. The number of benzene rings is 2. The lowest BCUT2D eigenvalue weighted by Gasteiger charge is -2.01. The summed E-state index contributed by atoms with van der Waals surface area (Å²) in [5.41, 5.74) is 1.98. The van der Waals surface area contributed by atoms with Crippen molar-refractivity contribution in [2.24, 2.45) is 0 Å². The van der Waals surface area contributed by atoms with Gasteiger partial charge in [0.05, 0.1) is 12.0 Å². The average Bonchev–Trinajstić information content (AvgIpc) is 2.89. The van der Waals surface area contributed by atoms with Crippen LogP contribution in [0.4, 0.5) is 5.69 Å². The number of nitro benzene ring substituents is 1. The molecule has 0 aliphatic carbocycles. The highest BCUT2D eigenvalue weighted by Crippen LogP contribution is 2.19. The van der Waals surface area contributed by atoms with E-state index in [-0.39, 0.29) is 18.0 Å². The Balaban J connectivity index is 1.90. The summed E-state index contributed by atoms with van der Waals surface area (Å²) in [6.45, 7) is 0.0724. The van der Waals surface area contributed by atoms with Crippen LogP contribution in [0.5, 0.6) is 5.75 Å². The van der Waals surface area contributed by atoms with Crippen LogP contribution in [0.25, 0.3) is 11.0 Å². The molecule has 0 saturated heterocycles. The lowest BCUT2D eigenvalue weighted by Crippen LogP contribution is -2.38. The van der Waals surface area contributed by atoms with Crippen LogP contribution in [0.1, 0.15) is 10.4 Å². The molecule has 3 rings (SSSR count). The molecule has 3 aromatic rings. The number of methoxy groups -OCH3 is 1. The van der Waals surface area contributed by atoms with Gasteiger partial charge in [0.15, 0.2) is 17.6 Å². The molecule has 0 amide bonds. The third kappa shape index (κ3) is 2.95. The van der Waals surface area contributed by atoms with E-state index in [4.69, 9.17) is 4.74 Å². The molecule has 0 radical (unpaired) electrons. The SMILES string of the molecule is COc1ccc2c(c1)[nH]c(S)[n+]2CC(=O)c1ccc([N+](=O)[O-])cc1. The van der Waals surface area contributed by atoms with Crippen LogP contribution in [0.2, 0.25) is 0 Å². The molecule has 0 bridgehead atoms. The fourth-order valence-corrected chi connectivity index (χ4v) is 2.74. The number of carbonyl (C=O) groups is 1. The topological polar surface area (TPSA) is 89.1 Å². The normalized spacial score (nSPS) is 10.8. The van der Waals surface area contributed by atoms with Gasteiger partial charge in [0.25, 0.3) is 5.69 Å². The van der Waals surface area contributed by atoms with E-state index in [1.807, 2.05) is 12.1 Å². The Morgan fingerprint density at radius 1 is 1.29 bits per heavy atom. The minimum Gasteiger partial charge on any atom is -0.497 e. The predicted molar refractivity (Wildman–Crippen MR) is 89.7 cm³/mol. The second-order valence-corrected chi connectivity index (χ2v) is 5.57. The van der Waals surface area contributed by atoms with Crippen molar-refractivity contribution in [3.8, 4) is 5.75 Å². The summed E-state index contributed by atoms with van der Waals surface area (Å²) in [6.07, 6.45) is 0. The molecule has 0 aliphatic rings. The van der Waals surface area contributed by atoms with Gasteiger partial charge in [-0.15, -0.1) is 0 Å². The third-order valence-corrected chi connectivity index (χ3v) is 4.05. The number of aromatic amines is 1. The summed E-state index contributed by atoms with van der Waals surface area (Å²) < 4.78 is 6.91. The molecule has 122 valence electrons. The number of nitrogens with zero attached hydrogens (tertiary/aromatic N) is 2. The van der Waals surface area contributed by atoms with Crippen LogP contribution >= 0.6 is 12.6 Å². The highest BCUT2D eigenvalue weighted by atomic mass is 32.1. The van der Waals surface area contributed by atoms with Gasteiger partial charge in [0.1, 0.15) is 5.75 Å². The number of nitrogens with one attached hydrogen (secondary N) is 1. The second kappa shape index (κ2) is 6.32. The standard InChI is InChI=1S/C16H13N3O4S/c1-23-12-6-7-14-13(8-12)17-16(24)18(14)9-15(20)10-2-4-11(5-3-10)19(21)22/h2-8H,9H2,1H3,(H,17,24)/p+1. The Morgan fingerprint density at radius 2 is 2.00 bits per heavy atom. The van der Waals surface area contributed by atoms with E-state index in [2.05, 4.69) is 17.6 Å². The molecule has 0 spiro atoms. The zero-order valence-electron chi connectivity index (χ0n) is 12.7. The van der Waals surface area contributed by atoms with E-state index < -0.39 is 4.92 Å². The largest absolute Gasteiger partial charge is 0.497 e. The first-order valence-electron chi connectivity index (χ1n) is 7.06. The number of non-ortho nitro benzene ring substituents is 1. The number of imidazole rings is 1. The van der Waals surface area contributed by atoms with Gasteiger partial charge in [0, 0.05) is 23.8 Å². The lowest BCUT2D eigenvalue weighted by molar-refractivity contribution is -0.694. The van der Waals surface area contributed by atoms with Crippen molar-refractivity contribution in [2.75, 3.05) is 7.11 Å². The maximum atomic E-state index is 12.4. The Hall–Kier alpha value is -2.87. The number of thiol groups is 1. The minimum atomic E-state index is -0.498. The molecule has 0 atom stereocenters. The highest BCUT2D eigenvalue weighted by molar-refractivity contribution is 7.80. The van der Waals surface area contributed by atoms with Crippen LogP contribution in [0.3, 0.4) is 0 Å². The number of Topliss-reactive ketones (excluding diaryl/α,β-unsaturated/α-hetero) is 1. The number of ketones is 1. The van der Waals surface area contributed by atoms with E-state index in [0.717, 1.165) is 11.0 Å². The van der Waals surface area contributed by atoms with Gasteiger partial charge in [-0.1, -0.05) is 12.6 Å². The number of hydrogen-bond donors (Lipinski definition) is 2. The summed E-state index contributed by atoms with van der Waals surface area (Å²) in [6, 6.07) is 11.0. The van der Waals surface area contributed by atoms with Crippen LogP contribution in [0, 0.1) is 10.1 Å². The molecule has 1 heterocycles.